The lowest BCUT2D eigenvalue weighted by Crippen LogP contribution is -2.16. The second-order valence-electron chi connectivity index (χ2n) is 10.2. The van der Waals surface area contributed by atoms with Gasteiger partial charge in [-0.05, 0) is 67.9 Å². The van der Waals surface area contributed by atoms with Gasteiger partial charge in [-0.1, -0.05) is 121 Å². The van der Waals surface area contributed by atoms with Gasteiger partial charge >= 0.3 is 0 Å². The number of hydrogen-bond donors (Lipinski definition) is 0. The van der Waals surface area contributed by atoms with Crippen LogP contribution in [0.4, 0.5) is 34.1 Å². The first kappa shape index (κ1) is 26.9. The molecular weight excluding hydrogens is 508 g/mol. The first-order valence-corrected chi connectivity index (χ1v) is 14.4. The van der Waals surface area contributed by atoms with Crippen LogP contribution in [0, 0.1) is 6.92 Å². The molecule has 2 heteroatoms. The third kappa shape index (κ3) is 5.23. The molecule has 0 atom stereocenters. The summed E-state index contributed by atoms with van der Waals surface area (Å²) < 4.78 is 0. The van der Waals surface area contributed by atoms with Gasteiger partial charge in [0.25, 0.3) is 0 Å². The number of nitrogens with zero attached hydrogens (tertiary/aromatic N) is 2. The van der Waals surface area contributed by atoms with Crippen LogP contribution in [0.2, 0.25) is 0 Å². The molecule has 0 saturated heterocycles. The highest BCUT2D eigenvalue weighted by Crippen LogP contribution is 2.49. The van der Waals surface area contributed by atoms with Crippen molar-refractivity contribution >= 4 is 51.0 Å². The van der Waals surface area contributed by atoms with Gasteiger partial charge in [0, 0.05) is 39.1 Å². The lowest BCUT2D eigenvalue weighted by atomic mass is 9.93. The molecule has 204 valence electrons. The summed E-state index contributed by atoms with van der Waals surface area (Å²) in [6.07, 6.45) is 8.57. The lowest BCUT2D eigenvalue weighted by molar-refractivity contribution is 1.24. The zero-order valence-corrected chi connectivity index (χ0v) is 24.1. The molecule has 0 amide bonds. The number of para-hydroxylation sites is 4. The van der Waals surface area contributed by atoms with E-state index >= 15 is 0 Å². The van der Waals surface area contributed by atoms with Gasteiger partial charge in [-0.15, -0.1) is 0 Å². The van der Waals surface area contributed by atoms with Crippen molar-refractivity contribution in [3.05, 3.63) is 175 Å². The molecule has 0 aliphatic heterocycles. The zero-order valence-electron chi connectivity index (χ0n) is 24.1. The molecule has 0 saturated carbocycles. The molecule has 0 N–H and O–H groups in total. The summed E-state index contributed by atoms with van der Waals surface area (Å²) in [6, 6.07) is 51.4. The van der Waals surface area contributed by atoms with E-state index in [-0.39, 0.29) is 0 Å². The van der Waals surface area contributed by atoms with Gasteiger partial charge < -0.3 is 9.80 Å². The Morgan fingerprint density at radius 2 is 0.786 bits per heavy atom. The molecule has 42 heavy (non-hydrogen) atoms. The van der Waals surface area contributed by atoms with Crippen LogP contribution in [-0.4, -0.2) is 0 Å². The maximum absolute atomic E-state index is 2.39. The Morgan fingerprint density at radius 1 is 0.429 bits per heavy atom. The quantitative estimate of drug-likeness (QED) is 0.176. The molecule has 6 aromatic carbocycles. The Balaban J connectivity index is 1.75. The average Bonchev–Trinajstić information content (AvgIpc) is 3.06. The van der Waals surface area contributed by atoms with Crippen molar-refractivity contribution in [3.8, 4) is 0 Å². The minimum atomic E-state index is 1.12. The molecule has 2 nitrogen and oxygen atoms in total. The monoisotopic (exact) mass is 542 g/mol. The van der Waals surface area contributed by atoms with Crippen molar-refractivity contribution < 1.29 is 0 Å². The van der Waals surface area contributed by atoms with Crippen molar-refractivity contribution in [2.75, 3.05) is 9.80 Å². The van der Waals surface area contributed by atoms with Crippen LogP contribution >= 0.6 is 0 Å². The van der Waals surface area contributed by atoms with E-state index < -0.39 is 0 Å². The van der Waals surface area contributed by atoms with Crippen LogP contribution in [0.1, 0.15) is 18.1 Å². The van der Waals surface area contributed by atoms with Crippen LogP contribution in [0.15, 0.2) is 164 Å². The number of allylic oxidation sites excluding steroid dienone is 3. The number of fused-ring (bicyclic) bond motifs is 1. The minimum absolute atomic E-state index is 1.12. The highest BCUT2D eigenvalue weighted by Gasteiger charge is 2.26. The van der Waals surface area contributed by atoms with E-state index in [2.05, 4.69) is 194 Å². The fourth-order valence-corrected chi connectivity index (χ4v) is 5.67. The van der Waals surface area contributed by atoms with Crippen molar-refractivity contribution in [1.29, 1.82) is 0 Å². The van der Waals surface area contributed by atoms with Crippen LogP contribution in [0.5, 0.6) is 0 Å². The molecule has 0 aliphatic rings. The Kier molecular flexibility index (Phi) is 7.96. The van der Waals surface area contributed by atoms with Gasteiger partial charge in [0.1, 0.15) is 0 Å². The predicted octanol–water partition coefficient (Wildman–Crippen LogP) is 11.7. The number of rotatable bonds is 8. The van der Waals surface area contributed by atoms with Crippen molar-refractivity contribution in [2.24, 2.45) is 0 Å². The molecule has 0 fully saturated rings. The van der Waals surface area contributed by atoms with Crippen LogP contribution in [0.3, 0.4) is 0 Å². The molecule has 0 radical (unpaired) electrons. The standard InChI is InChI=1S/C40H34N2/c1-3-4-9-28-36-31(2)39(41(32-20-10-5-11-21-32)33-22-12-6-13-23-33)37-29-18-19-30-38(37)40(36)42(34-24-14-7-15-25-34)35-26-16-8-17-27-35/h3-30H,1-2H3/b4-3-,28-9-. The molecule has 6 rings (SSSR count). The van der Waals surface area contributed by atoms with Gasteiger partial charge in [-0.3, -0.25) is 0 Å². The summed E-state index contributed by atoms with van der Waals surface area (Å²) in [5, 5.41) is 2.38. The Bertz CT molecular complexity index is 1740. The van der Waals surface area contributed by atoms with E-state index in [0.29, 0.717) is 0 Å². The Morgan fingerprint density at radius 3 is 1.19 bits per heavy atom. The highest BCUT2D eigenvalue weighted by molar-refractivity contribution is 6.12. The first-order chi connectivity index (χ1) is 20.8. The zero-order chi connectivity index (χ0) is 28.7. The van der Waals surface area contributed by atoms with Gasteiger partial charge in [0.2, 0.25) is 0 Å². The largest absolute Gasteiger partial charge is 0.310 e. The summed E-state index contributed by atoms with van der Waals surface area (Å²) >= 11 is 0. The summed E-state index contributed by atoms with van der Waals surface area (Å²) in [5.74, 6) is 0. The average molecular weight is 543 g/mol. The lowest BCUT2D eigenvalue weighted by Gasteiger charge is -2.34. The van der Waals surface area contributed by atoms with Crippen molar-refractivity contribution in [2.45, 2.75) is 13.8 Å². The molecule has 0 spiro atoms. The first-order valence-electron chi connectivity index (χ1n) is 14.4. The second-order valence-corrected chi connectivity index (χ2v) is 10.2. The van der Waals surface area contributed by atoms with Gasteiger partial charge in [0.05, 0.1) is 11.4 Å². The number of hydrogen-bond acceptors (Lipinski definition) is 2. The molecular formula is C40H34N2. The fraction of sp³-hybridized carbons (Fsp3) is 0.0500. The maximum Gasteiger partial charge on any atom is 0.0616 e. The van der Waals surface area contributed by atoms with Crippen molar-refractivity contribution in [1.82, 2.24) is 0 Å². The van der Waals surface area contributed by atoms with Gasteiger partial charge in [-0.25, -0.2) is 0 Å². The molecule has 0 unspecified atom stereocenters. The van der Waals surface area contributed by atoms with Gasteiger partial charge in [-0.2, -0.15) is 0 Å². The topological polar surface area (TPSA) is 6.48 Å². The second kappa shape index (κ2) is 12.4. The maximum atomic E-state index is 2.39. The third-order valence-corrected chi connectivity index (χ3v) is 7.52. The Hall–Kier alpha value is -5.34. The molecule has 0 heterocycles. The molecule has 0 aliphatic carbocycles. The molecule has 0 bridgehead atoms. The summed E-state index contributed by atoms with van der Waals surface area (Å²) in [7, 11) is 0. The van der Waals surface area contributed by atoms with Crippen LogP contribution < -0.4 is 9.80 Å². The smallest absolute Gasteiger partial charge is 0.0616 e. The normalized spacial score (nSPS) is 11.4. The number of anilines is 6. The fourth-order valence-electron chi connectivity index (χ4n) is 5.67. The third-order valence-electron chi connectivity index (χ3n) is 7.52. The summed E-state index contributed by atoms with van der Waals surface area (Å²) in [5.41, 5.74) is 9.18. The van der Waals surface area contributed by atoms with E-state index in [1.54, 1.807) is 0 Å². The SMILES string of the molecule is C/C=C\C=C/c1c(C)c(N(c2ccccc2)c2ccccc2)c2ccccc2c1N(c1ccccc1)c1ccccc1. The molecule has 6 aromatic rings. The highest BCUT2D eigenvalue weighted by atomic mass is 15.2. The van der Waals surface area contributed by atoms with Crippen molar-refractivity contribution in [3.63, 3.8) is 0 Å². The van der Waals surface area contributed by atoms with E-state index in [9.17, 15) is 0 Å². The van der Waals surface area contributed by atoms with Gasteiger partial charge in [0.15, 0.2) is 0 Å². The van der Waals surface area contributed by atoms with Crippen LogP contribution in [0.25, 0.3) is 16.8 Å². The predicted molar refractivity (Wildman–Crippen MR) is 182 cm³/mol. The van der Waals surface area contributed by atoms with E-state index in [0.717, 1.165) is 28.4 Å². The minimum Gasteiger partial charge on any atom is -0.310 e. The Labute approximate surface area is 249 Å². The van der Waals surface area contributed by atoms with E-state index in [1.165, 1.54) is 27.6 Å². The van der Waals surface area contributed by atoms with E-state index in [4.69, 9.17) is 0 Å². The van der Waals surface area contributed by atoms with Crippen LogP contribution in [-0.2, 0) is 0 Å². The van der Waals surface area contributed by atoms with E-state index in [1.807, 2.05) is 0 Å². The summed E-state index contributed by atoms with van der Waals surface area (Å²) in [4.78, 5) is 4.79. The summed E-state index contributed by atoms with van der Waals surface area (Å²) in [6.45, 7) is 4.31. The number of benzene rings is 6. The molecule has 0 aromatic heterocycles.